The van der Waals surface area contributed by atoms with Gasteiger partial charge in [-0.3, -0.25) is 9.67 Å². The van der Waals surface area contributed by atoms with Crippen LogP contribution in [-0.4, -0.2) is 53.3 Å². The van der Waals surface area contributed by atoms with Crippen molar-refractivity contribution < 1.29 is 13.2 Å². The summed E-state index contributed by atoms with van der Waals surface area (Å²) in [6.07, 6.45) is -0.676. The van der Waals surface area contributed by atoms with Gasteiger partial charge in [0, 0.05) is 37.8 Å². The summed E-state index contributed by atoms with van der Waals surface area (Å²) in [5.74, 6) is 0.490. The Bertz CT molecular complexity index is 736. The maximum absolute atomic E-state index is 12.6. The molecule has 0 bridgehead atoms. The minimum atomic E-state index is -4.42. The van der Waals surface area contributed by atoms with Crippen LogP contribution < -0.4 is 10.6 Å². The number of likely N-dealkylation sites (N-methyl/N-ethyl adjacent to an activating group) is 1. The van der Waals surface area contributed by atoms with E-state index in [-0.39, 0.29) is 12.6 Å². The molecule has 2 rings (SSSR count). The number of nitrogens with one attached hydrogen (secondary N) is 2. The van der Waals surface area contributed by atoms with Crippen LogP contribution in [0.1, 0.15) is 22.3 Å². The van der Waals surface area contributed by atoms with Gasteiger partial charge in [-0.2, -0.15) is 18.3 Å². The highest BCUT2D eigenvalue weighted by Crippen LogP contribution is 2.29. The SMILES string of the molecule is CN=C(NCc1nc(C(F)(F)F)cs1)NCC(c1cnn(C)c1)N(C)C. The monoisotopic (exact) mass is 389 g/mol. The van der Waals surface area contributed by atoms with Crippen LogP contribution in [0.5, 0.6) is 0 Å². The molecule has 0 spiro atoms. The zero-order valence-electron chi connectivity index (χ0n) is 15.0. The lowest BCUT2D eigenvalue weighted by Crippen LogP contribution is -2.41. The lowest BCUT2D eigenvalue weighted by atomic mass is 10.1. The van der Waals surface area contributed by atoms with Gasteiger partial charge >= 0.3 is 6.18 Å². The number of nitrogens with zero attached hydrogens (tertiary/aromatic N) is 5. The Morgan fingerprint density at radius 1 is 1.38 bits per heavy atom. The first-order valence-corrected chi connectivity index (χ1v) is 8.69. The quantitative estimate of drug-likeness (QED) is 0.583. The third kappa shape index (κ3) is 5.43. The van der Waals surface area contributed by atoms with Gasteiger partial charge in [0.1, 0.15) is 5.01 Å². The fourth-order valence-corrected chi connectivity index (χ4v) is 3.05. The number of hydrogen-bond donors (Lipinski definition) is 2. The number of guanidine groups is 1. The van der Waals surface area contributed by atoms with E-state index in [4.69, 9.17) is 0 Å². The van der Waals surface area contributed by atoms with E-state index in [0.717, 1.165) is 22.3 Å². The predicted molar refractivity (Wildman–Crippen MR) is 95.0 cm³/mol. The highest BCUT2D eigenvalue weighted by Gasteiger charge is 2.33. The van der Waals surface area contributed by atoms with Crippen molar-refractivity contribution in [1.29, 1.82) is 0 Å². The molecule has 0 aromatic carbocycles. The van der Waals surface area contributed by atoms with Crippen LogP contribution in [-0.2, 0) is 19.8 Å². The second-order valence-corrected chi connectivity index (χ2v) is 6.80. The molecule has 144 valence electrons. The fraction of sp³-hybridized carbons (Fsp3) is 0.533. The van der Waals surface area contributed by atoms with Crippen LogP contribution in [0.2, 0.25) is 0 Å². The maximum atomic E-state index is 12.6. The number of aliphatic imine (C=N–C) groups is 1. The first-order chi connectivity index (χ1) is 12.2. The fourth-order valence-electron chi connectivity index (χ4n) is 2.31. The molecular formula is C15H22F3N7S. The van der Waals surface area contributed by atoms with Crippen molar-refractivity contribution in [2.45, 2.75) is 18.8 Å². The summed E-state index contributed by atoms with van der Waals surface area (Å²) in [5, 5.41) is 11.7. The molecule has 7 nitrogen and oxygen atoms in total. The maximum Gasteiger partial charge on any atom is 0.434 e. The van der Waals surface area contributed by atoms with Crippen LogP contribution in [0.25, 0.3) is 0 Å². The predicted octanol–water partition coefficient (Wildman–Crippen LogP) is 1.86. The standard InChI is InChI=1S/C15H22F3N7S/c1-19-14(21-7-13-23-12(9-26-13)15(16,17)18)20-6-11(24(2)3)10-5-22-25(4)8-10/h5,8-9,11H,6-7H2,1-4H3,(H2,19,20,21). The molecule has 1 atom stereocenters. The van der Waals surface area contributed by atoms with Crippen molar-refractivity contribution in [1.82, 2.24) is 30.3 Å². The Balaban J connectivity index is 1.91. The van der Waals surface area contributed by atoms with E-state index in [9.17, 15) is 13.2 Å². The van der Waals surface area contributed by atoms with Gasteiger partial charge in [-0.05, 0) is 14.1 Å². The minimum absolute atomic E-state index is 0.0685. The summed E-state index contributed by atoms with van der Waals surface area (Å²) in [6, 6.07) is 0.0685. The molecule has 0 fully saturated rings. The van der Waals surface area contributed by atoms with Gasteiger partial charge in [0.2, 0.25) is 0 Å². The summed E-state index contributed by atoms with van der Waals surface area (Å²) in [6.45, 7) is 0.726. The van der Waals surface area contributed by atoms with Gasteiger partial charge in [-0.25, -0.2) is 4.98 Å². The van der Waals surface area contributed by atoms with E-state index in [1.165, 1.54) is 0 Å². The second kappa shape index (κ2) is 8.49. The van der Waals surface area contributed by atoms with Gasteiger partial charge in [-0.1, -0.05) is 0 Å². The molecule has 0 saturated carbocycles. The average molecular weight is 389 g/mol. The van der Waals surface area contributed by atoms with Gasteiger partial charge in [0.25, 0.3) is 0 Å². The number of thiazole rings is 1. The third-order valence-corrected chi connectivity index (χ3v) is 4.52. The van der Waals surface area contributed by atoms with Gasteiger partial charge in [-0.15, -0.1) is 11.3 Å². The number of aryl methyl sites for hydroxylation is 1. The molecular weight excluding hydrogens is 367 g/mol. The molecule has 0 saturated heterocycles. The molecule has 11 heteroatoms. The normalized spacial score (nSPS) is 13.9. The first-order valence-electron chi connectivity index (χ1n) is 7.81. The average Bonchev–Trinajstić information content (AvgIpc) is 3.19. The topological polar surface area (TPSA) is 70.4 Å². The molecule has 2 N–H and O–H groups in total. The molecule has 1 unspecified atom stereocenters. The highest BCUT2D eigenvalue weighted by atomic mass is 32.1. The zero-order valence-corrected chi connectivity index (χ0v) is 15.8. The Hall–Kier alpha value is -2.14. The Kier molecular flexibility index (Phi) is 6.59. The van der Waals surface area contributed by atoms with E-state index < -0.39 is 11.9 Å². The van der Waals surface area contributed by atoms with E-state index >= 15 is 0 Å². The molecule has 0 aliphatic rings. The number of hydrogen-bond acceptors (Lipinski definition) is 5. The van der Waals surface area contributed by atoms with Gasteiger partial charge in [0.15, 0.2) is 11.7 Å². The first kappa shape index (κ1) is 20.2. The Labute approximate surface area is 153 Å². The molecule has 0 amide bonds. The smallest absolute Gasteiger partial charge is 0.354 e. The lowest BCUT2D eigenvalue weighted by Gasteiger charge is -2.24. The molecule has 26 heavy (non-hydrogen) atoms. The van der Waals surface area contributed by atoms with Crippen molar-refractivity contribution in [2.75, 3.05) is 27.7 Å². The van der Waals surface area contributed by atoms with Crippen LogP contribution in [0.15, 0.2) is 22.8 Å². The molecule has 2 aromatic rings. The zero-order chi connectivity index (χ0) is 19.3. The van der Waals surface area contributed by atoms with E-state index in [2.05, 4.69) is 25.7 Å². The van der Waals surface area contributed by atoms with Crippen molar-refractivity contribution in [3.63, 3.8) is 0 Å². The molecule has 2 heterocycles. The summed E-state index contributed by atoms with van der Waals surface area (Å²) < 4.78 is 39.5. The van der Waals surface area contributed by atoms with Crippen LogP contribution in [0.4, 0.5) is 13.2 Å². The summed E-state index contributed by atoms with van der Waals surface area (Å²) >= 11 is 0.962. The molecule has 0 radical (unpaired) electrons. The largest absolute Gasteiger partial charge is 0.434 e. The molecule has 0 aliphatic carbocycles. The lowest BCUT2D eigenvalue weighted by molar-refractivity contribution is -0.140. The Morgan fingerprint density at radius 2 is 2.12 bits per heavy atom. The van der Waals surface area contributed by atoms with Crippen molar-refractivity contribution >= 4 is 17.3 Å². The van der Waals surface area contributed by atoms with Crippen LogP contribution in [0.3, 0.4) is 0 Å². The highest BCUT2D eigenvalue weighted by molar-refractivity contribution is 7.09. The third-order valence-electron chi connectivity index (χ3n) is 3.67. The van der Waals surface area contributed by atoms with Crippen LogP contribution in [0, 0.1) is 0 Å². The van der Waals surface area contributed by atoms with Crippen molar-refractivity contribution in [2.24, 2.45) is 12.0 Å². The number of rotatable bonds is 6. The molecule has 2 aromatic heterocycles. The summed E-state index contributed by atoms with van der Waals surface area (Å²) in [7, 11) is 7.38. The second-order valence-electron chi connectivity index (χ2n) is 5.86. The minimum Gasteiger partial charge on any atom is -0.354 e. The number of halogens is 3. The van der Waals surface area contributed by atoms with E-state index in [1.54, 1.807) is 17.9 Å². The van der Waals surface area contributed by atoms with Crippen LogP contribution >= 0.6 is 11.3 Å². The number of alkyl halides is 3. The van der Waals surface area contributed by atoms with E-state index in [0.29, 0.717) is 17.5 Å². The Morgan fingerprint density at radius 3 is 2.62 bits per heavy atom. The van der Waals surface area contributed by atoms with Gasteiger partial charge < -0.3 is 15.5 Å². The van der Waals surface area contributed by atoms with Gasteiger partial charge in [0.05, 0.1) is 18.8 Å². The summed E-state index contributed by atoms with van der Waals surface area (Å²) in [5.41, 5.74) is 0.182. The van der Waals surface area contributed by atoms with Crippen molar-refractivity contribution in [3.05, 3.63) is 34.0 Å². The molecule has 0 aliphatic heterocycles. The van der Waals surface area contributed by atoms with Crippen molar-refractivity contribution in [3.8, 4) is 0 Å². The van der Waals surface area contributed by atoms with E-state index in [1.807, 2.05) is 32.2 Å². The summed E-state index contributed by atoms with van der Waals surface area (Å²) in [4.78, 5) is 9.74. The number of aromatic nitrogens is 3.